The molecule has 124 valence electrons. The van der Waals surface area contributed by atoms with Gasteiger partial charge in [0.2, 0.25) is 5.65 Å². The maximum absolute atomic E-state index is 12.3. The summed E-state index contributed by atoms with van der Waals surface area (Å²) in [5.74, 6) is -0.0400. The summed E-state index contributed by atoms with van der Waals surface area (Å²) in [4.78, 5) is 12.5. The van der Waals surface area contributed by atoms with Gasteiger partial charge in [-0.2, -0.15) is 8.78 Å². The predicted octanol–water partition coefficient (Wildman–Crippen LogP) is 3.61. The molecule has 0 spiro atoms. The molecule has 0 aliphatic carbocycles. The Morgan fingerprint density at radius 1 is 1.33 bits per heavy atom. The smallest absolute Gasteiger partial charge is 0.387 e. The van der Waals surface area contributed by atoms with Gasteiger partial charge in [-0.15, -0.1) is 0 Å². The first-order valence-electron chi connectivity index (χ1n) is 6.68. The van der Waals surface area contributed by atoms with Crippen LogP contribution in [0.2, 0.25) is 0 Å². The van der Waals surface area contributed by atoms with E-state index < -0.39 is 6.61 Å². The molecule has 0 atom stereocenters. The summed E-state index contributed by atoms with van der Waals surface area (Å²) < 4.78 is 33.8. The van der Waals surface area contributed by atoms with Crippen LogP contribution >= 0.6 is 15.9 Å². The number of aliphatic imine (C=N–C) groups is 1. The molecule has 0 bridgehead atoms. The molecular weight excluding hydrogens is 388 g/mol. The number of fused-ring (bicyclic) bond motifs is 1. The van der Waals surface area contributed by atoms with E-state index in [9.17, 15) is 8.78 Å². The van der Waals surface area contributed by atoms with Crippen LogP contribution in [0.1, 0.15) is 17.0 Å². The summed E-state index contributed by atoms with van der Waals surface area (Å²) in [7, 11) is 0. The minimum absolute atomic E-state index is 0.0400. The molecule has 7 nitrogen and oxygen atoms in total. The van der Waals surface area contributed by atoms with Crippen molar-refractivity contribution >= 4 is 39.5 Å². The lowest BCUT2D eigenvalue weighted by molar-refractivity contribution is -0.0506. The number of pyridine rings is 2. The Morgan fingerprint density at radius 3 is 2.79 bits per heavy atom. The first-order valence-corrected chi connectivity index (χ1v) is 7.47. The van der Waals surface area contributed by atoms with Crippen LogP contribution in [0.15, 0.2) is 26.4 Å². The van der Waals surface area contributed by atoms with E-state index in [2.05, 4.69) is 57.3 Å². The van der Waals surface area contributed by atoms with Crippen LogP contribution < -0.4 is 4.74 Å². The highest BCUT2D eigenvalue weighted by atomic mass is 79.9. The van der Waals surface area contributed by atoms with Crippen molar-refractivity contribution in [2.24, 2.45) is 4.99 Å². The predicted molar refractivity (Wildman–Crippen MR) is 84.9 cm³/mol. The number of hydrogen-bond donors (Lipinski definition) is 0. The Labute approximate surface area is 142 Å². The van der Waals surface area contributed by atoms with E-state index in [0.29, 0.717) is 34.7 Å². The monoisotopic (exact) mass is 397 g/mol. The second-order valence-electron chi connectivity index (χ2n) is 4.77. The van der Waals surface area contributed by atoms with Gasteiger partial charge in [0.15, 0.2) is 11.3 Å². The summed E-state index contributed by atoms with van der Waals surface area (Å²) >= 11 is 3.12. The average molecular weight is 398 g/mol. The highest BCUT2D eigenvalue weighted by Gasteiger charge is 2.17. The minimum atomic E-state index is -2.92. The third-order valence-corrected chi connectivity index (χ3v) is 3.86. The Hall–Kier alpha value is -2.49. The number of aromatic nitrogens is 4. The van der Waals surface area contributed by atoms with Crippen molar-refractivity contribution in [3.8, 4) is 5.75 Å². The Balaban J connectivity index is 1.99. The van der Waals surface area contributed by atoms with E-state index in [4.69, 9.17) is 0 Å². The molecule has 0 saturated carbocycles. The average Bonchev–Trinajstić information content (AvgIpc) is 2.98. The normalized spacial score (nSPS) is 11.2. The molecule has 0 aliphatic rings. The quantitative estimate of drug-likeness (QED) is 0.482. The number of alkyl halides is 2. The highest BCUT2D eigenvalue weighted by Crippen LogP contribution is 2.31. The Kier molecular flexibility index (Phi) is 4.47. The van der Waals surface area contributed by atoms with Crippen molar-refractivity contribution in [1.29, 1.82) is 0 Å². The first kappa shape index (κ1) is 16.4. The van der Waals surface area contributed by atoms with Gasteiger partial charge in [-0.05, 0) is 52.0 Å². The number of ether oxygens (including phenoxy) is 1. The molecule has 0 radical (unpaired) electrons. The van der Waals surface area contributed by atoms with Crippen LogP contribution in [0.4, 0.5) is 14.5 Å². The van der Waals surface area contributed by atoms with Crippen LogP contribution in [0.5, 0.6) is 5.75 Å². The van der Waals surface area contributed by atoms with Gasteiger partial charge in [0.25, 0.3) is 0 Å². The van der Waals surface area contributed by atoms with Crippen molar-refractivity contribution in [3.05, 3.63) is 33.7 Å². The zero-order valence-corrected chi connectivity index (χ0v) is 13.9. The van der Waals surface area contributed by atoms with Crippen LogP contribution in [0.3, 0.4) is 0 Å². The number of nitrogens with zero attached hydrogens (tertiary/aromatic N) is 5. The summed E-state index contributed by atoms with van der Waals surface area (Å²) in [6, 6.07) is 3.00. The van der Waals surface area contributed by atoms with Gasteiger partial charge in [-0.1, -0.05) is 0 Å². The fourth-order valence-corrected chi connectivity index (χ4v) is 2.70. The van der Waals surface area contributed by atoms with Gasteiger partial charge in [0.05, 0.1) is 0 Å². The third kappa shape index (κ3) is 3.09. The molecule has 0 amide bonds. The molecule has 0 N–H and O–H groups in total. The van der Waals surface area contributed by atoms with Gasteiger partial charge in [-0.3, -0.25) is 4.99 Å². The van der Waals surface area contributed by atoms with Gasteiger partial charge in [-0.25, -0.2) is 14.6 Å². The van der Waals surface area contributed by atoms with Gasteiger partial charge >= 0.3 is 6.61 Å². The van der Waals surface area contributed by atoms with E-state index in [1.54, 1.807) is 13.0 Å². The van der Waals surface area contributed by atoms with Crippen molar-refractivity contribution in [2.45, 2.75) is 20.0 Å². The molecule has 0 fully saturated rings. The topological polar surface area (TPSA) is 86.3 Å². The molecule has 0 aliphatic heterocycles. The second kappa shape index (κ2) is 6.56. The molecule has 10 heteroatoms. The maximum atomic E-state index is 12.3. The van der Waals surface area contributed by atoms with Crippen molar-refractivity contribution < 1.29 is 18.1 Å². The lowest BCUT2D eigenvalue weighted by Gasteiger charge is -2.10. The third-order valence-electron chi connectivity index (χ3n) is 3.30. The fourth-order valence-electron chi connectivity index (χ4n) is 2.25. The van der Waals surface area contributed by atoms with Crippen LogP contribution in [0, 0.1) is 6.92 Å². The lowest BCUT2D eigenvalue weighted by Crippen LogP contribution is -2.04. The molecule has 3 heterocycles. The molecular formula is C14H10BrF2N5O2. The standard InChI is InChI=1S/C14H10BrF2N5O2/c1-6-8(10(18-2)11-13(19-6)22-24-21-11)5-7-3-4-9(12(15)20-7)23-14(16)17/h3-4,14H,2,5H2,1H3. The number of rotatable bonds is 5. The van der Waals surface area contributed by atoms with Crippen molar-refractivity contribution in [3.63, 3.8) is 0 Å². The largest absolute Gasteiger partial charge is 0.432 e. The molecule has 24 heavy (non-hydrogen) atoms. The summed E-state index contributed by atoms with van der Waals surface area (Å²) in [6.07, 6.45) is 0.351. The zero-order chi connectivity index (χ0) is 17.3. The summed E-state index contributed by atoms with van der Waals surface area (Å²) in [5, 5.41) is 7.48. The maximum Gasteiger partial charge on any atom is 0.387 e. The molecule has 0 unspecified atom stereocenters. The summed E-state index contributed by atoms with van der Waals surface area (Å²) in [6.45, 7) is 2.42. The van der Waals surface area contributed by atoms with Crippen LogP contribution in [0.25, 0.3) is 11.2 Å². The fraction of sp³-hybridized carbons (Fsp3) is 0.214. The lowest BCUT2D eigenvalue weighted by atomic mass is 10.1. The molecule has 3 rings (SSSR count). The van der Waals surface area contributed by atoms with E-state index in [0.717, 1.165) is 5.56 Å². The highest BCUT2D eigenvalue weighted by molar-refractivity contribution is 9.10. The minimum Gasteiger partial charge on any atom is -0.432 e. The zero-order valence-electron chi connectivity index (χ0n) is 12.3. The molecule has 0 aromatic carbocycles. The Bertz CT molecular complexity index is 916. The summed E-state index contributed by atoms with van der Waals surface area (Å²) in [5.41, 5.74) is 3.27. The molecule has 0 saturated heterocycles. The Morgan fingerprint density at radius 2 is 2.12 bits per heavy atom. The SMILES string of the molecule is C=Nc1c(Cc2ccc(OC(F)F)c(Br)n2)c(C)nc2nonc12. The second-order valence-corrected chi connectivity index (χ2v) is 5.52. The van der Waals surface area contributed by atoms with E-state index in [1.807, 2.05) is 0 Å². The van der Waals surface area contributed by atoms with Crippen molar-refractivity contribution in [2.75, 3.05) is 0 Å². The van der Waals surface area contributed by atoms with Gasteiger partial charge in [0, 0.05) is 23.4 Å². The van der Waals surface area contributed by atoms with E-state index >= 15 is 0 Å². The van der Waals surface area contributed by atoms with Gasteiger partial charge in [0.1, 0.15) is 10.3 Å². The van der Waals surface area contributed by atoms with E-state index in [1.165, 1.54) is 6.07 Å². The number of hydrogen-bond acceptors (Lipinski definition) is 7. The van der Waals surface area contributed by atoms with Crippen LogP contribution in [-0.4, -0.2) is 33.6 Å². The molecule has 3 aromatic heterocycles. The van der Waals surface area contributed by atoms with Gasteiger partial charge < -0.3 is 4.74 Å². The van der Waals surface area contributed by atoms with Crippen molar-refractivity contribution in [1.82, 2.24) is 20.3 Å². The number of halogens is 3. The number of aryl methyl sites for hydroxylation is 1. The first-order chi connectivity index (χ1) is 11.5. The van der Waals surface area contributed by atoms with Crippen LogP contribution in [-0.2, 0) is 6.42 Å². The molecule has 3 aromatic rings. The van der Waals surface area contributed by atoms with E-state index in [-0.39, 0.29) is 10.4 Å².